The third kappa shape index (κ3) is 9.24. The molecule has 220 valence electrons. The van der Waals surface area contributed by atoms with Crippen LogP contribution in [-0.4, -0.2) is 44.2 Å². The zero-order valence-electron chi connectivity index (χ0n) is 24.3. The van der Waals surface area contributed by atoms with Gasteiger partial charge in [0.1, 0.15) is 11.4 Å². The number of rotatable bonds is 12. The van der Waals surface area contributed by atoms with Gasteiger partial charge in [-0.25, -0.2) is 0 Å². The van der Waals surface area contributed by atoms with Crippen molar-refractivity contribution in [1.82, 2.24) is 5.32 Å². The van der Waals surface area contributed by atoms with Gasteiger partial charge in [-0.15, -0.1) is 11.8 Å². The molecule has 4 aromatic carbocycles. The van der Waals surface area contributed by atoms with Crippen LogP contribution in [0.4, 0.5) is 17.1 Å². The van der Waals surface area contributed by atoms with Crippen molar-refractivity contribution in [1.29, 1.82) is 0 Å². The van der Waals surface area contributed by atoms with Crippen molar-refractivity contribution in [3.05, 3.63) is 120 Å². The summed E-state index contributed by atoms with van der Waals surface area (Å²) >= 11 is 1.34. The molecule has 4 aromatic rings. The Morgan fingerprint density at radius 3 is 2.28 bits per heavy atom. The summed E-state index contributed by atoms with van der Waals surface area (Å²) in [6.07, 6.45) is 1.64. The molecular formula is C34H34N4O4S. The molecule has 0 saturated carbocycles. The van der Waals surface area contributed by atoms with Gasteiger partial charge < -0.3 is 25.6 Å². The van der Waals surface area contributed by atoms with Crippen molar-refractivity contribution >= 4 is 52.6 Å². The second-order valence-corrected chi connectivity index (χ2v) is 10.7. The number of amides is 3. The predicted octanol–water partition coefficient (Wildman–Crippen LogP) is 6.29. The highest BCUT2D eigenvalue weighted by Gasteiger charge is 2.16. The minimum Gasteiger partial charge on any atom is -0.492 e. The van der Waals surface area contributed by atoms with Crippen molar-refractivity contribution in [3.63, 3.8) is 0 Å². The molecule has 0 aliphatic rings. The average Bonchev–Trinajstić information content (AvgIpc) is 3.01. The summed E-state index contributed by atoms with van der Waals surface area (Å²) in [6, 6.07) is 30.8. The third-order valence-electron chi connectivity index (χ3n) is 6.17. The normalized spacial score (nSPS) is 10.9. The van der Waals surface area contributed by atoms with Gasteiger partial charge in [-0.2, -0.15) is 0 Å². The molecule has 0 bridgehead atoms. The van der Waals surface area contributed by atoms with E-state index in [1.807, 2.05) is 80.5 Å². The maximum atomic E-state index is 13.4. The highest BCUT2D eigenvalue weighted by atomic mass is 32.2. The van der Waals surface area contributed by atoms with Crippen LogP contribution in [0.3, 0.4) is 0 Å². The Morgan fingerprint density at radius 1 is 0.837 bits per heavy atom. The van der Waals surface area contributed by atoms with Crippen LogP contribution < -0.4 is 25.6 Å². The van der Waals surface area contributed by atoms with Gasteiger partial charge in [0, 0.05) is 35.9 Å². The van der Waals surface area contributed by atoms with Gasteiger partial charge in [-0.1, -0.05) is 48.5 Å². The van der Waals surface area contributed by atoms with E-state index in [0.717, 1.165) is 16.1 Å². The zero-order valence-corrected chi connectivity index (χ0v) is 25.1. The summed E-state index contributed by atoms with van der Waals surface area (Å²) in [5.41, 5.74) is 3.44. The van der Waals surface area contributed by atoms with Crippen LogP contribution in [0.5, 0.6) is 5.75 Å². The van der Waals surface area contributed by atoms with Gasteiger partial charge in [0.05, 0.1) is 18.0 Å². The highest BCUT2D eigenvalue weighted by Crippen LogP contribution is 2.26. The minimum atomic E-state index is -0.478. The number of nitrogens with one attached hydrogen (secondary N) is 3. The summed E-state index contributed by atoms with van der Waals surface area (Å²) in [7, 11) is 3.90. The average molecular weight is 595 g/mol. The number of carbonyl (C=O) groups excluding carboxylic acids is 3. The standard InChI is InChI=1S/C34H34N4O4S/c1-4-42-31-16-9-8-15-29(31)36-32(39)23-43-28-14-10-13-26(22-28)35-34(41)30(37-33(40)25-11-6-5-7-12-25)21-24-17-19-27(20-18-24)38(2)3/h5-22H,4,23H2,1-3H3,(H,35,41)(H,36,39)(H,37,40)/b30-21+. The second kappa shape index (κ2) is 15.3. The van der Waals surface area contributed by atoms with Crippen LogP contribution in [0, 0.1) is 0 Å². The van der Waals surface area contributed by atoms with Crippen LogP contribution in [0.25, 0.3) is 6.08 Å². The molecule has 0 heterocycles. The fourth-order valence-corrected chi connectivity index (χ4v) is 4.78. The largest absolute Gasteiger partial charge is 0.492 e. The molecule has 0 radical (unpaired) electrons. The van der Waals surface area contributed by atoms with Gasteiger partial charge in [-0.3, -0.25) is 14.4 Å². The highest BCUT2D eigenvalue weighted by molar-refractivity contribution is 8.00. The molecule has 3 amide bonds. The molecule has 0 saturated heterocycles. The van der Waals surface area contributed by atoms with E-state index >= 15 is 0 Å². The van der Waals surface area contributed by atoms with Crippen molar-refractivity contribution < 1.29 is 19.1 Å². The number of thioether (sulfide) groups is 1. The maximum absolute atomic E-state index is 13.4. The summed E-state index contributed by atoms with van der Waals surface area (Å²) in [5, 5.41) is 8.53. The lowest BCUT2D eigenvalue weighted by Crippen LogP contribution is -2.30. The Balaban J connectivity index is 1.46. The Morgan fingerprint density at radius 2 is 1.56 bits per heavy atom. The molecule has 43 heavy (non-hydrogen) atoms. The lowest BCUT2D eigenvalue weighted by atomic mass is 10.1. The Kier molecular flexibility index (Phi) is 11.0. The van der Waals surface area contributed by atoms with Crippen molar-refractivity contribution in [3.8, 4) is 5.75 Å². The molecule has 0 aliphatic heterocycles. The van der Waals surface area contributed by atoms with Crippen molar-refractivity contribution in [2.45, 2.75) is 11.8 Å². The van der Waals surface area contributed by atoms with Crippen LogP contribution in [0.2, 0.25) is 0 Å². The van der Waals surface area contributed by atoms with Crippen molar-refractivity contribution in [2.24, 2.45) is 0 Å². The number of hydrogen-bond acceptors (Lipinski definition) is 6. The molecule has 4 rings (SSSR count). The van der Waals surface area contributed by atoms with E-state index < -0.39 is 11.8 Å². The van der Waals surface area contributed by atoms with Crippen LogP contribution in [0.15, 0.2) is 114 Å². The summed E-state index contributed by atoms with van der Waals surface area (Å²) < 4.78 is 5.58. The lowest BCUT2D eigenvalue weighted by molar-refractivity contribution is -0.114. The van der Waals surface area contributed by atoms with E-state index in [2.05, 4.69) is 16.0 Å². The quantitative estimate of drug-likeness (QED) is 0.132. The molecular weight excluding hydrogens is 560 g/mol. The summed E-state index contributed by atoms with van der Waals surface area (Å²) in [6.45, 7) is 2.38. The molecule has 3 N–H and O–H groups in total. The van der Waals surface area contributed by atoms with E-state index in [-0.39, 0.29) is 17.4 Å². The van der Waals surface area contributed by atoms with Crippen LogP contribution >= 0.6 is 11.8 Å². The number of para-hydroxylation sites is 2. The molecule has 0 fully saturated rings. The molecule has 0 aliphatic carbocycles. The summed E-state index contributed by atoms with van der Waals surface area (Å²) in [5.74, 6) is -0.272. The number of ether oxygens (including phenoxy) is 1. The number of hydrogen-bond donors (Lipinski definition) is 3. The minimum absolute atomic E-state index is 0.0943. The first-order chi connectivity index (χ1) is 20.8. The molecule has 0 unspecified atom stereocenters. The lowest BCUT2D eigenvalue weighted by Gasteiger charge is -2.14. The van der Waals surface area contributed by atoms with E-state index in [1.165, 1.54) is 11.8 Å². The third-order valence-corrected chi connectivity index (χ3v) is 7.17. The molecule has 9 heteroatoms. The second-order valence-electron chi connectivity index (χ2n) is 9.61. The molecule has 8 nitrogen and oxygen atoms in total. The van der Waals surface area contributed by atoms with E-state index in [9.17, 15) is 14.4 Å². The first kappa shape index (κ1) is 30.9. The van der Waals surface area contributed by atoms with Crippen LogP contribution in [-0.2, 0) is 9.59 Å². The predicted molar refractivity (Wildman–Crippen MR) is 175 cm³/mol. The van der Waals surface area contributed by atoms with Gasteiger partial charge in [0.15, 0.2) is 0 Å². The van der Waals surface area contributed by atoms with Gasteiger partial charge >= 0.3 is 0 Å². The number of benzene rings is 4. The van der Waals surface area contributed by atoms with E-state index in [0.29, 0.717) is 29.3 Å². The fourth-order valence-electron chi connectivity index (χ4n) is 4.03. The van der Waals surface area contributed by atoms with Crippen LogP contribution in [0.1, 0.15) is 22.8 Å². The molecule has 0 atom stereocenters. The Hall–Kier alpha value is -5.02. The van der Waals surface area contributed by atoms with Gasteiger partial charge in [0.25, 0.3) is 11.8 Å². The van der Waals surface area contributed by atoms with E-state index in [4.69, 9.17) is 4.74 Å². The fraction of sp³-hybridized carbons (Fsp3) is 0.147. The monoisotopic (exact) mass is 594 g/mol. The first-order valence-electron chi connectivity index (χ1n) is 13.7. The molecule has 0 aromatic heterocycles. The first-order valence-corrected chi connectivity index (χ1v) is 14.7. The topological polar surface area (TPSA) is 99.8 Å². The maximum Gasteiger partial charge on any atom is 0.272 e. The zero-order chi connectivity index (χ0) is 30.6. The van der Waals surface area contributed by atoms with Crippen molar-refractivity contribution in [2.75, 3.05) is 42.0 Å². The smallest absolute Gasteiger partial charge is 0.272 e. The number of carbonyl (C=O) groups is 3. The van der Waals surface area contributed by atoms with Gasteiger partial charge in [0.2, 0.25) is 5.91 Å². The SMILES string of the molecule is CCOc1ccccc1NC(=O)CSc1cccc(NC(=O)/C(=C\c2ccc(N(C)C)cc2)NC(=O)c2ccccc2)c1. The Bertz CT molecular complexity index is 1590. The van der Waals surface area contributed by atoms with Gasteiger partial charge in [-0.05, 0) is 73.2 Å². The number of anilines is 3. The van der Waals surface area contributed by atoms with E-state index in [1.54, 1.807) is 54.6 Å². The Labute approximate surface area is 256 Å². The molecule has 0 spiro atoms. The summed E-state index contributed by atoms with van der Waals surface area (Å²) in [4.78, 5) is 41.8. The number of nitrogens with zero attached hydrogens (tertiary/aromatic N) is 1.